The fourth-order valence-corrected chi connectivity index (χ4v) is 2.07. The Bertz CT molecular complexity index is 499. The first-order chi connectivity index (χ1) is 9.45. The van der Waals surface area contributed by atoms with Gasteiger partial charge in [-0.05, 0) is 49.5 Å². The molecule has 3 heteroatoms. The first-order valence-corrected chi connectivity index (χ1v) is 6.35. The van der Waals surface area contributed by atoms with E-state index in [0.29, 0.717) is 0 Å². The molecule has 0 radical (unpaired) electrons. The molecule has 0 heterocycles. The molecule has 0 saturated heterocycles. The smallest absolute Gasteiger partial charge is 0.00763 e. The molecule has 2 aromatic rings. The summed E-state index contributed by atoms with van der Waals surface area (Å²) in [6.07, 6.45) is 5.53. The van der Waals surface area contributed by atoms with Gasteiger partial charge >= 0.3 is 0 Å². The van der Waals surface area contributed by atoms with Crippen molar-refractivity contribution < 1.29 is 0 Å². The van der Waals surface area contributed by atoms with Gasteiger partial charge in [0.25, 0.3) is 0 Å². The third-order valence-corrected chi connectivity index (χ3v) is 2.66. The molecule has 0 bridgehead atoms. The molecule has 0 saturated carbocycles. The van der Waals surface area contributed by atoms with Gasteiger partial charge in [-0.1, -0.05) is 48.6 Å². The standard InChI is InChI=1S/C13H10.3CH5N/c1-4-10-6-2-8-12-9-3-7-11(5-1)13(10)12;3*1-2/h1-8H,9H2;3*2H2,1H3. The number of benzene rings is 2. The average Bonchev–Trinajstić information content (AvgIpc) is 2.54. The molecule has 0 amide bonds. The van der Waals surface area contributed by atoms with Gasteiger partial charge in [0.1, 0.15) is 0 Å². The van der Waals surface area contributed by atoms with E-state index in [1.54, 1.807) is 0 Å². The molecule has 3 nitrogen and oxygen atoms in total. The van der Waals surface area contributed by atoms with Crippen molar-refractivity contribution >= 4 is 16.8 Å². The SMILES string of the molecule is C1=Cc2cccc3cccc(c23)C1.CN.CN.CN. The highest BCUT2D eigenvalue weighted by atomic mass is 14.4. The first kappa shape index (κ1) is 17.3. The van der Waals surface area contributed by atoms with E-state index in [0.717, 1.165) is 6.42 Å². The Labute approximate surface area is 116 Å². The van der Waals surface area contributed by atoms with Crippen molar-refractivity contribution in [1.29, 1.82) is 0 Å². The van der Waals surface area contributed by atoms with E-state index in [1.807, 2.05) is 0 Å². The summed E-state index contributed by atoms with van der Waals surface area (Å²) in [6.45, 7) is 0. The molecule has 0 spiro atoms. The Hall–Kier alpha value is -1.68. The van der Waals surface area contributed by atoms with Crippen LogP contribution in [0.2, 0.25) is 0 Å². The fraction of sp³-hybridized carbons (Fsp3) is 0.250. The van der Waals surface area contributed by atoms with E-state index < -0.39 is 0 Å². The number of rotatable bonds is 0. The lowest BCUT2D eigenvalue weighted by Gasteiger charge is -2.11. The number of hydrogen-bond donors (Lipinski definition) is 3. The van der Waals surface area contributed by atoms with Crippen LogP contribution in [0.3, 0.4) is 0 Å². The lowest BCUT2D eigenvalue weighted by atomic mass is 9.93. The van der Waals surface area contributed by atoms with Crippen molar-refractivity contribution in [2.75, 3.05) is 21.1 Å². The maximum absolute atomic E-state index is 4.50. The van der Waals surface area contributed by atoms with Crippen LogP contribution in [0.15, 0.2) is 42.5 Å². The van der Waals surface area contributed by atoms with Crippen LogP contribution < -0.4 is 17.2 Å². The number of nitrogens with two attached hydrogens (primary N) is 3. The van der Waals surface area contributed by atoms with E-state index in [1.165, 1.54) is 43.0 Å². The number of allylic oxidation sites excluding steroid dienone is 1. The van der Waals surface area contributed by atoms with Crippen LogP contribution in [0.1, 0.15) is 11.1 Å². The van der Waals surface area contributed by atoms with Crippen molar-refractivity contribution in [2.24, 2.45) is 17.2 Å². The van der Waals surface area contributed by atoms with Crippen LogP contribution in [-0.2, 0) is 6.42 Å². The molecule has 1 aliphatic rings. The Balaban J connectivity index is 0.000000482. The highest BCUT2D eigenvalue weighted by molar-refractivity contribution is 5.94. The summed E-state index contributed by atoms with van der Waals surface area (Å²) in [5.74, 6) is 0. The van der Waals surface area contributed by atoms with E-state index in [9.17, 15) is 0 Å². The fourth-order valence-electron chi connectivity index (χ4n) is 2.07. The Morgan fingerprint density at radius 3 is 2.00 bits per heavy atom. The minimum Gasteiger partial charge on any atom is -0.333 e. The minimum absolute atomic E-state index is 1.08. The topological polar surface area (TPSA) is 78.1 Å². The Morgan fingerprint density at radius 2 is 1.37 bits per heavy atom. The van der Waals surface area contributed by atoms with Gasteiger partial charge in [0.15, 0.2) is 0 Å². The van der Waals surface area contributed by atoms with Crippen LogP contribution in [0.4, 0.5) is 0 Å². The molecular weight excluding hydrogens is 234 g/mol. The van der Waals surface area contributed by atoms with Gasteiger partial charge in [0.2, 0.25) is 0 Å². The molecular formula is C16H25N3. The van der Waals surface area contributed by atoms with Crippen molar-refractivity contribution in [2.45, 2.75) is 6.42 Å². The molecule has 104 valence electrons. The molecule has 0 aliphatic heterocycles. The average molecular weight is 259 g/mol. The lowest BCUT2D eigenvalue weighted by Crippen LogP contribution is -1.91. The third kappa shape index (κ3) is 4.17. The van der Waals surface area contributed by atoms with Crippen LogP contribution >= 0.6 is 0 Å². The molecule has 0 atom stereocenters. The first-order valence-electron chi connectivity index (χ1n) is 6.35. The Morgan fingerprint density at radius 1 is 0.789 bits per heavy atom. The van der Waals surface area contributed by atoms with Gasteiger partial charge in [-0.2, -0.15) is 0 Å². The zero-order chi connectivity index (χ0) is 14.7. The van der Waals surface area contributed by atoms with Crippen LogP contribution in [-0.4, -0.2) is 21.1 Å². The maximum atomic E-state index is 4.50. The zero-order valence-corrected chi connectivity index (χ0v) is 12.1. The Kier molecular flexibility index (Phi) is 9.35. The quantitative estimate of drug-likeness (QED) is 0.678. The summed E-state index contributed by atoms with van der Waals surface area (Å²) in [7, 11) is 4.50. The van der Waals surface area contributed by atoms with Gasteiger partial charge in [-0.25, -0.2) is 0 Å². The number of hydrogen-bond acceptors (Lipinski definition) is 3. The predicted octanol–water partition coefficient (Wildman–Crippen LogP) is 2.13. The highest BCUT2D eigenvalue weighted by Crippen LogP contribution is 2.27. The summed E-state index contributed by atoms with van der Waals surface area (Å²) >= 11 is 0. The summed E-state index contributed by atoms with van der Waals surface area (Å²) in [6, 6.07) is 13.0. The van der Waals surface area contributed by atoms with Crippen LogP contribution in [0.5, 0.6) is 0 Å². The molecule has 0 aromatic heterocycles. The summed E-state index contributed by atoms with van der Waals surface area (Å²) in [5, 5.41) is 2.80. The highest BCUT2D eigenvalue weighted by Gasteiger charge is 2.06. The normalized spacial score (nSPS) is 10.2. The van der Waals surface area contributed by atoms with Crippen molar-refractivity contribution in [3.63, 3.8) is 0 Å². The molecule has 19 heavy (non-hydrogen) atoms. The monoisotopic (exact) mass is 259 g/mol. The molecule has 0 unspecified atom stereocenters. The second kappa shape index (κ2) is 10.3. The van der Waals surface area contributed by atoms with E-state index in [-0.39, 0.29) is 0 Å². The van der Waals surface area contributed by atoms with Crippen molar-refractivity contribution in [1.82, 2.24) is 0 Å². The van der Waals surface area contributed by atoms with Crippen LogP contribution in [0.25, 0.3) is 16.8 Å². The molecule has 1 aliphatic carbocycles. The minimum atomic E-state index is 1.08. The maximum Gasteiger partial charge on any atom is -0.00763 e. The molecule has 6 N–H and O–H groups in total. The predicted molar refractivity (Wildman–Crippen MR) is 87.0 cm³/mol. The second-order valence-electron chi connectivity index (χ2n) is 3.47. The van der Waals surface area contributed by atoms with Gasteiger partial charge in [-0.15, -0.1) is 0 Å². The summed E-state index contributed by atoms with van der Waals surface area (Å²) in [5.41, 5.74) is 16.3. The van der Waals surface area contributed by atoms with Crippen molar-refractivity contribution in [3.05, 3.63) is 53.6 Å². The lowest BCUT2D eigenvalue weighted by molar-refractivity contribution is 1.29. The van der Waals surface area contributed by atoms with E-state index in [2.05, 4.69) is 65.8 Å². The van der Waals surface area contributed by atoms with Gasteiger partial charge in [0, 0.05) is 0 Å². The van der Waals surface area contributed by atoms with Crippen LogP contribution in [0, 0.1) is 0 Å². The molecule has 3 rings (SSSR count). The summed E-state index contributed by atoms with van der Waals surface area (Å²) in [4.78, 5) is 0. The van der Waals surface area contributed by atoms with Crippen molar-refractivity contribution in [3.8, 4) is 0 Å². The van der Waals surface area contributed by atoms with Gasteiger partial charge in [0.05, 0.1) is 0 Å². The second-order valence-corrected chi connectivity index (χ2v) is 3.47. The zero-order valence-electron chi connectivity index (χ0n) is 12.1. The van der Waals surface area contributed by atoms with E-state index >= 15 is 0 Å². The summed E-state index contributed by atoms with van der Waals surface area (Å²) < 4.78 is 0. The van der Waals surface area contributed by atoms with E-state index in [4.69, 9.17) is 0 Å². The molecule has 2 aromatic carbocycles. The third-order valence-electron chi connectivity index (χ3n) is 2.66. The van der Waals surface area contributed by atoms with Gasteiger partial charge in [-0.3, -0.25) is 0 Å². The molecule has 0 fully saturated rings. The van der Waals surface area contributed by atoms with Gasteiger partial charge < -0.3 is 17.2 Å². The largest absolute Gasteiger partial charge is 0.333 e.